The average Bonchev–Trinajstić information content (AvgIpc) is 3.23. The fourth-order valence-electron chi connectivity index (χ4n) is 3.43. The number of carboxylic acid groups (broad SMARTS) is 1. The van der Waals surface area contributed by atoms with Crippen LogP contribution >= 0.6 is 23.1 Å². The minimum Gasteiger partial charge on any atom is -0.478 e. The molecule has 0 fully saturated rings. The van der Waals surface area contributed by atoms with Gasteiger partial charge in [0.25, 0.3) is 5.91 Å². The number of nitrogens with zero attached hydrogens (tertiary/aromatic N) is 1. The van der Waals surface area contributed by atoms with E-state index < -0.39 is 11.9 Å². The van der Waals surface area contributed by atoms with Crippen LogP contribution in [0.5, 0.6) is 0 Å². The molecule has 3 aromatic carbocycles. The lowest BCUT2D eigenvalue weighted by Crippen LogP contribution is -2.16. The number of anilines is 2. The van der Waals surface area contributed by atoms with Gasteiger partial charge in [-0.15, -0.1) is 23.1 Å². The van der Waals surface area contributed by atoms with Gasteiger partial charge < -0.3 is 15.7 Å². The third-order valence-electron chi connectivity index (χ3n) is 5.25. The van der Waals surface area contributed by atoms with Crippen LogP contribution in [0.15, 0.2) is 77.7 Å². The molecular formula is C27H23N3O4S2. The molecule has 7 nitrogen and oxygen atoms in total. The van der Waals surface area contributed by atoms with Crippen molar-refractivity contribution < 1.29 is 19.5 Å². The van der Waals surface area contributed by atoms with E-state index in [4.69, 9.17) is 0 Å². The van der Waals surface area contributed by atoms with Crippen molar-refractivity contribution in [2.24, 2.45) is 0 Å². The van der Waals surface area contributed by atoms with Gasteiger partial charge in [0.15, 0.2) is 5.13 Å². The van der Waals surface area contributed by atoms with E-state index in [0.717, 1.165) is 21.0 Å². The molecule has 0 aliphatic heterocycles. The zero-order chi connectivity index (χ0) is 25.7. The number of thiazole rings is 1. The van der Waals surface area contributed by atoms with Crippen LogP contribution in [0.2, 0.25) is 0 Å². The number of thioether (sulfide) groups is 1. The third-order valence-corrected chi connectivity index (χ3v) is 7.15. The molecule has 0 atom stereocenters. The summed E-state index contributed by atoms with van der Waals surface area (Å²) in [5.74, 6) is -1.62. The van der Waals surface area contributed by atoms with Gasteiger partial charge in [0.1, 0.15) is 0 Å². The maximum absolute atomic E-state index is 12.5. The van der Waals surface area contributed by atoms with E-state index in [-0.39, 0.29) is 22.8 Å². The van der Waals surface area contributed by atoms with Crippen LogP contribution in [0.3, 0.4) is 0 Å². The minimum absolute atomic E-state index is 0.0606. The molecule has 0 bridgehead atoms. The predicted octanol–water partition coefficient (Wildman–Crippen LogP) is 6.11. The predicted molar refractivity (Wildman–Crippen MR) is 144 cm³/mol. The van der Waals surface area contributed by atoms with Crippen molar-refractivity contribution in [1.82, 2.24) is 4.98 Å². The van der Waals surface area contributed by atoms with Crippen LogP contribution in [-0.2, 0) is 4.79 Å². The molecule has 0 saturated carbocycles. The second kappa shape index (κ2) is 11.2. The largest absolute Gasteiger partial charge is 0.478 e. The Morgan fingerprint density at radius 1 is 0.889 bits per heavy atom. The number of hydrogen-bond acceptors (Lipinski definition) is 6. The zero-order valence-corrected chi connectivity index (χ0v) is 21.2. The highest BCUT2D eigenvalue weighted by Crippen LogP contribution is 2.31. The number of aryl methyl sites for hydroxylation is 2. The Kier molecular flexibility index (Phi) is 7.82. The highest BCUT2D eigenvalue weighted by atomic mass is 32.2. The summed E-state index contributed by atoms with van der Waals surface area (Å²) in [6, 6.07) is 21.2. The Labute approximate surface area is 216 Å². The summed E-state index contributed by atoms with van der Waals surface area (Å²) in [6.07, 6.45) is 0. The first-order chi connectivity index (χ1) is 17.3. The molecule has 0 aliphatic rings. The molecule has 0 saturated heterocycles. The fourth-order valence-corrected chi connectivity index (χ4v) is 4.98. The third kappa shape index (κ3) is 6.18. The summed E-state index contributed by atoms with van der Waals surface area (Å²) in [4.78, 5) is 42.8. The number of carboxylic acids is 1. The van der Waals surface area contributed by atoms with Crippen LogP contribution in [0.4, 0.5) is 10.8 Å². The van der Waals surface area contributed by atoms with Crippen molar-refractivity contribution in [3.8, 4) is 11.3 Å². The van der Waals surface area contributed by atoms with E-state index in [2.05, 4.69) is 15.6 Å². The lowest BCUT2D eigenvalue weighted by molar-refractivity contribution is -0.113. The Bertz CT molecular complexity index is 1410. The maximum Gasteiger partial charge on any atom is 0.336 e. The minimum atomic E-state index is -1.16. The molecule has 0 unspecified atom stereocenters. The molecule has 9 heteroatoms. The summed E-state index contributed by atoms with van der Waals surface area (Å²) in [6.45, 7) is 4.02. The van der Waals surface area contributed by atoms with E-state index in [1.54, 1.807) is 36.4 Å². The van der Waals surface area contributed by atoms with E-state index in [9.17, 15) is 19.5 Å². The van der Waals surface area contributed by atoms with Crippen molar-refractivity contribution in [2.75, 3.05) is 16.4 Å². The molecule has 2 amide bonds. The molecule has 4 aromatic rings. The molecule has 36 heavy (non-hydrogen) atoms. The molecule has 0 radical (unpaired) electrons. The monoisotopic (exact) mass is 517 g/mol. The van der Waals surface area contributed by atoms with Gasteiger partial charge in [0, 0.05) is 21.0 Å². The second-order valence-corrected chi connectivity index (χ2v) is 10.2. The molecule has 0 aliphatic carbocycles. The molecule has 0 spiro atoms. The highest BCUT2D eigenvalue weighted by Gasteiger charge is 2.16. The van der Waals surface area contributed by atoms with Gasteiger partial charge in [0.05, 0.1) is 22.6 Å². The van der Waals surface area contributed by atoms with E-state index in [0.29, 0.717) is 10.8 Å². The summed E-state index contributed by atoms with van der Waals surface area (Å²) in [5.41, 5.74) is 3.61. The molecule has 1 heterocycles. The number of aromatic nitrogens is 1. The molecule has 3 N–H and O–H groups in total. The number of carbonyl (C=O) groups excluding carboxylic acids is 2. The Morgan fingerprint density at radius 3 is 2.22 bits per heavy atom. The first-order valence-electron chi connectivity index (χ1n) is 11.0. The van der Waals surface area contributed by atoms with Gasteiger partial charge in [-0.1, -0.05) is 42.0 Å². The van der Waals surface area contributed by atoms with Crippen molar-refractivity contribution >= 4 is 51.7 Å². The lowest BCUT2D eigenvalue weighted by atomic mass is 10.1. The van der Waals surface area contributed by atoms with Gasteiger partial charge in [-0.05, 0) is 50.2 Å². The number of hydrogen-bond donors (Lipinski definition) is 3. The standard InChI is InChI=1S/C27H23N3O4S2/c1-16-7-9-18(10-8-16)24-17(2)36-27(30-24)29-23(31)15-35-20-13-11-19(12-14-20)28-25(32)21-5-3-4-6-22(21)26(33)34/h3-14H,15H2,1-2H3,(H,28,32)(H,33,34)(H,29,30,31). The quantitative estimate of drug-likeness (QED) is 0.243. The van der Waals surface area contributed by atoms with Crippen LogP contribution in [-0.4, -0.2) is 33.6 Å². The number of aromatic carboxylic acids is 1. The van der Waals surface area contributed by atoms with Crippen molar-refractivity contribution in [2.45, 2.75) is 18.7 Å². The van der Waals surface area contributed by atoms with Crippen LogP contribution in [0, 0.1) is 13.8 Å². The summed E-state index contributed by atoms with van der Waals surface area (Å²) in [7, 11) is 0. The average molecular weight is 518 g/mol. The van der Waals surface area contributed by atoms with Gasteiger partial charge >= 0.3 is 5.97 Å². The van der Waals surface area contributed by atoms with Crippen LogP contribution in [0.25, 0.3) is 11.3 Å². The fraction of sp³-hybridized carbons (Fsp3) is 0.111. The van der Waals surface area contributed by atoms with E-state index in [1.807, 2.05) is 38.1 Å². The Balaban J connectivity index is 1.31. The van der Waals surface area contributed by atoms with E-state index >= 15 is 0 Å². The molecule has 1 aromatic heterocycles. The van der Waals surface area contributed by atoms with Crippen LogP contribution < -0.4 is 10.6 Å². The summed E-state index contributed by atoms with van der Waals surface area (Å²) < 4.78 is 0. The number of benzene rings is 3. The topological polar surface area (TPSA) is 108 Å². The normalized spacial score (nSPS) is 10.6. The zero-order valence-electron chi connectivity index (χ0n) is 19.6. The van der Waals surface area contributed by atoms with Gasteiger partial charge in [-0.2, -0.15) is 0 Å². The van der Waals surface area contributed by atoms with Crippen molar-refractivity contribution in [1.29, 1.82) is 0 Å². The first-order valence-corrected chi connectivity index (χ1v) is 12.8. The van der Waals surface area contributed by atoms with Crippen LogP contribution in [0.1, 0.15) is 31.2 Å². The maximum atomic E-state index is 12.5. The summed E-state index contributed by atoms with van der Waals surface area (Å²) >= 11 is 2.80. The number of rotatable bonds is 8. The first kappa shape index (κ1) is 25.2. The molecule has 4 rings (SSSR count). The Morgan fingerprint density at radius 2 is 1.56 bits per heavy atom. The van der Waals surface area contributed by atoms with E-state index in [1.165, 1.54) is 40.8 Å². The second-order valence-electron chi connectivity index (χ2n) is 7.96. The lowest BCUT2D eigenvalue weighted by Gasteiger charge is -2.08. The smallest absolute Gasteiger partial charge is 0.336 e. The van der Waals surface area contributed by atoms with Gasteiger partial charge in [-0.3, -0.25) is 9.59 Å². The van der Waals surface area contributed by atoms with Gasteiger partial charge in [-0.25, -0.2) is 9.78 Å². The van der Waals surface area contributed by atoms with Crippen molar-refractivity contribution in [3.63, 3.8) is 0 Å². The number of amides is 2. The SMILES string of the molecule is Cc1ccc(-c2nc(NC(=O)CSc3ccc(NC(=O)c4ccccc4C(=O)O)cc3)sc2C)cc1. The number of carbonyl (C=O) groups is 3. The molecule has 182 valence electrons. The number of nitrogens with one attached hydrogen (secondary N) is 2. The Hall–Kier alpha value is -3.95. The highest BCUT2D eigenvalue weighted by molar-refractivity contribution is 8.00. The molecular weight excluding hydrogens is 494 g/mol. The van der Waals surface area contributed by atoms with Crippen molar-refractivity contribution in [3.05, 3.63) is 94.4 Å². The van der Waals surface area contributed by atoms with Gasteiger partial charge in [0.2, 0.25) is 5.91 Å². The summed E-state index contributed by atoms with van der Waals surface area (Å²) in [5, 5.41) is 15.4.